The average Bonchev–Trinajstić information content (AvgIpc) is 2.59. The van der Waals surface area contributed by atoms with Crippen molar-refractivity contribution >= 4 is 10.3 Å². The van der Waals surface area contributed by atoms with Crippen molar-refractivity contribution in [3.8, 4) is 11.8 Å². The summed E-state index contributed by atoms with van der Waals surface area (Å²) < 4.78 is 5.72. The van der Waals surface area contributed by atoms with E-state index in [4.69, 9.17) is 4.74 Å². The molecule has 3 heteroatoms. The van der Waals surface area contributed by atoms with Crippen LogP contribution in [-0.4, -0.2) is 18.2 Å². The Kier molecular flexibility index (Phi) is 7.03. The fourth-order valence-electron chi connectivity index (χ4n) is 2.63. The normalized spacial score (nSPS) is 10.7. The third-order valence-corrected chi connectivity index (χ3v) is 4.03. The van der Waals surface area contributed by atoms with Crippen molar-refractivity contribution in [2.75, 3.05) is 18.6 Å². The molecule has 25 heavy (non-hydrogen) atoms. The molecule has 0 saturated heterocycles. The van der Waals surface area contributed by atoms with Crippen LogP contribution in [0.3, 0.4) is 0 Å². The number of hydrogen-bond acceptors (Lipinski definition) is 2. The van der Waals surface area contributed by atoms with Gasteiger partial charge in [0.1, 0.15) is 0 Å². The number of nitrogens with zero attached hydrogens (tertiary/aromatic N) is 1. The zero-order valence-corrected chi connectivity index (χ0v) is 16.6. The van der Waals surface area contributed by atoms with Gasteiger partial charge in [0, 0.05) is 0 Å². The van der Waals surface area contributed by atoms with Crippen LogP contribution in [0.2, 0.25) is 0 Å². The molecule has 0 aliphatic carbocycles. The minimum absolute atomic E-state index is 0.178. The maximum atomic E-state index is 5.12. The Balaban J connectivity index is 2.39. The first-order chi connectivity index (χ1) is 11.9. The molecule has 0 unspecified atom stereocenters. The third kappa shape index (κ3) is 6.52. The summed E-state index contributed by atoms with van der Waals surface area (Å²) in [4.78, 5) is 2.41. The molecule has 0 heterocycles. The fraction of sp³-hybridized carbons (Fsp3) is 0.318. The molecule has 130 valence electrons. The summed E-state index contributed by atoms with van der Waals surface area (Å²) in [6, 6.07) is 18.9. The van der Waals surface area contributed by atoms with Gasteiger partial charge in [-0.2, -0.15) is 0 Å². The van der Waals surface area contributed by atoms with Gasteiger partial charge in [-0.1, -0.05) is 0 Å². The second kappa shape index (κ2) is 9.03. The Morgan fingerprint density at radius 3 is 2.32 bits per heavy atom. The van der Waals surface area contributed by atoms with Crippen molar-refractivity contribution in [2.24, 2.45) is 5.41 Å². The summed E-state index contributed by atoms with van der Waals surface area (Å²) >= 11 is 2.83. The van der Waals surface area contributed by atoms with Gasteiger partial charge in [0.05, 0.1) is 0 Å². The van der Waals surface area contributed by atoms with Crippen molar-refractivity contribution in [1.82, 2.24) is 0 Å². The molecule has 0 aliphatic heterocycles. The van der Waals surface area contributed by atoms with Gasteiger partial charge >= 0.3 is 160 Å². The second-order valence-corrected chi connectivity index (χ2v) is 7.74. The van der Waals surface area contributed by atoms with E-state index in [9.17, 15) is 0 Å². The number of ether oxygens (including phenoxy) is 1. The van der Waals surface area contributed by atoms with E-state index >= 15 is 0 Å². The first-order valence-electron chi connectivity index (χ1n) is 8.37. The molecule has 0 amide bonds. The summed E-state index contributed by atoms with van der Waals surface area (Å²) in [7, 11) is 1.62. The van der Waals surface area contributed by atoms with Gasteiger partial charge in [0.15, 0.2) is 0 Å². The predicted octanol–water partition coefficient (Wildman–Crippen LogP) is 4.41. The first-order valence-corrected chi connectivity index (χ1v) is 9.01. The summed E-state index contributed by atoms with van der Waals surface area (Å²) in [5.74, 6) is 6.26. The molecule has 0 aliphatic rings. The van der Waals surface area contributed by atoms with Crippen molar-refractivity contribution < 1.29 is 20.6 Å². The SMILES string of the molecule is CO[C](=[Cr])C#Cc1ccccc1N(Cc1ccccc1)CC(C)(C)C. The van der Waals surface area contributed by atoms with Crippen LogP contribution in [0.4, 0.5) is 5.69 Å². The molecule has 0 atom stereocenters. The monoisotopic (exact) mass is 371 g/mol. The molecule has 0 N–H and O–H groups in total. The van der Waals surface area contributed by atoms with Crippen molar-refractivity contribution in [3.05, 3.63) is 65.7 Å². The summed E-state index contributed by atoms with van der Waals surface area (Å²) in [6.07, 6.45) is 0. The van der Waals surface area contributed by atoms with Crippen LogP contribution in [0, 0.1) is 17.3 Å². The molecule has 0 radical (unpaired) electrons. The molecular weight excluding hydrogens is 346 g/mol. The van der Waals surface area contributed by atoms with E-state index in [0.717, 1.165) is 24.3 Å². The Bertz CT molecular complexity index is 766. The van der Waals surface area contributed by atoms with E-state index in [1.807, 2.05) is 6.07 Å². The van der Waals surface area contributed by atoms with Gasteiger partial charge in [-0.3, -0.25) is 0 Å². The Morgan fingerprint density at radius 1 is 1.04 bits per heavy atom. The Morgan fingerprint density at radius 2 is 1.68 bits per heavy atom. The van der Waals surface area contributed by atoms with E-state index in [2.05, 4.69) is 102 Å². The van der Waals surface area contributed by atoms with Gasteiger partial charge < -0.3 is 0 Å². The third-order valence-electron chi connectivity index (χ3n) is 3.61. The fourth-order valence-corrected chi connectivity index (χ4v) is 2.71. The second-order valence-electron chi connectivity index (χ2n) is 7.16. The predicted molar refractivity (Wildman–Crippen MR) is 102 cm³/mol. The van der Waals surface area contributed by atoms with Gasteiger partial charge in [0.25, 0.3) is 0 Å². The van der Waals surface area contributed by atoms with E-state index < -0.39 is 0 Å². The summed E-state index contributed by atoms with van der Waals surface area (Å²) in [5, 5.41) is 0. The van der Waals surface area contributed by atoms with Crippen LogP contribution >= 0.6 is 0 Å². The van der Waals surface area contributed by atoms with E-state index in [0.29, 0.717) is 4.57 Å². The topological polar surface area (TPSA) is 12.5 Å². The molecule has 0 aromatic heterocycles. The van der Waals surface area contributed by atoms with Crippen LogP contribution < -0.4 is 4.90 Å². The quantitative estimate of drug-likeness (QED) is 0.722. The minimum atomic E-state index is 0.178. The van der Waals surface area contributed by atoms with E-state index in [1.54, 1.807) is 7.11 Å². The summed E-state index contributed by atoms with van der Waals surface area (Å²) in [5.41, 5.74) is 3.63. The first kappa shape index (κ1) is 19.5. The number of benzene rings is 2. The van der Waals surface area contributed by atoms with Crippen LogP contribution in [0.5, 0.6) is 0 Å². The van der Waals surface area contributed by atoms with Gasteiger partial charge in [-0.25, -0.2) is 0 Å². The summed E-state index contributed by atoms with van der Waals surface area (Å²) in [6.45, 7) is 8.58. The van der Waals surface area contributed by atoms with Gasteiger partial charge in [-0.05, 0) is 0 Å². The Labute approximate surface area is 159 Å². The zero-order chi connectivity index (χ0) is 18.3. The van der Waals surface area contributed by atoms with Crippen LogP contribution in [0.15, 0.2) is 54.6 Å². The molecule has 0 fully saturated rings. The molecule has 2 aromatic carbocycles. The van der Waals surface area contributed by atoms with Gasteiger partial charge in [-0.15, -0.1) is 0 Å². The van der Waals surface area contributed by atoms with Crippen molar-refractivity contribution in [1.29, 1.82) is 0 Å². The zero-order valence-electron chi connectivity index (χ0n) is 15.4. The van der Waals surface area contributed by atoms with Crippen molar-refractivity contribution in [2.45, 2.75) is 27.3 Å². The number of methoxy groups -OCH3 is 1. The average molecular weight is 371 g/mol. The standard InChI is InChI=1S/C22H25NO.Cr/c1-22(2,3)18-23(17-19-11-6-5-7-12-19)21-15-9-8-13-20(21)14-10-16-24-4;/h5-9,11-13,15H,17-18H2,1-4H3;. The Hall–Kier alpha value is -1.84. The van der Waals surface area contributed by atoms with E-state index in [1.165, 1.54) is 5.56 Å². The number of para-hydroxylation sites is 1. The molecule has 2 nitrogen and oxygen atoms in total. The number of rotatable bonds is 5. The van der Waals surface area contributed by atoms with Crippen LogP contribution in [-0.2, 0) is 27.1 Å². The number of anilines is 1. The van der Waals surface area contributed by atoms with Gasteiger partial charge in [0.2, 0.25) is 0 Å². The molecule has 0 spiro atoms. The van der Waals surface area contributed by atoms with Crippen LogP contribution in [0.25, 0.3) is 0 Å². The van der Waals surface area contributed by atoms with Crippen LogP contribution in [0.1, 0.15) is 31.9 Å². The molecule has 0 bridgehead atoms. The van der Waals surface area contributed by atoms with E-state index in [-0.39, 0.29) is 5.41 Å². The molecular formula is C22H25CrNO. The molecule has 0 saturated carbocycles. The number of hydrogen-bond donors (Lipinski definition) is 0. The molecule has 2 rings (SSSR count). The van der Waals surface area contributed by atoms with Crippen molar-refractivity contribution in [3.63, 3.8) is 0 Å². The molecule has 2 aromatic rings. The maximum absolute atomic E-state index is 5.12.